The zero-order chi connectivity index (χ0) is 17.6. The zero-order valence-electron chi connectivity index (χ0n) is 13.7. The second-order valence-electron chi connectivity index (χ2n) is 5.49. The molecule has 0 unspecified atom stereocenters. The summed E-state index contributed by atoms with van der Waals surface area (Å²) in [5, 5.41) is 0. The Hall–Kier alpha value is -2.59. The van der Waals surface area contributed by atoms with Gasteiger partial charge in [0.15, 0.2) is 0 Å². The average molecular weight is 397 g/mol. The first-order valence-corrected chi connectivity index (χ1v) is 8.61. The molecular formula is C21H17BrO3. The summed E-state index contributed by atoms with van der Waals surface area (Å²) in [5.74, 6) is 0.411. The van der Waals surface area contributed by atoms with Gasteiger partial charge in [0.2, 0.25) is 0 Å². The van der Waals surface area contributed by atoms with E-state index in [2.05, 4.69) is 15.9 Å². The molecule has 0 saturated carbocycles. The fourth-order valence-corrected chi connectivity index (χ4v) is 2.89. The molecule has 3 aromatic rings. The van der Waals surface area contributed by atoms with Gasteiger partial charge in [-0.2, -0.15) is 0 Å². The number of esters is 1. The lowest BCUT2D eigenvalue weighted by molar-refractivity contribution is 0.0599. The van der Waals surface area contributed by atoms with Crippen LogP contribution in [0.3, 0.4) is 0 Å². The van der Waals surface area contributed by atoms with Crippen LogP contribution in [-0.4, -0.2) is 13.1 Å². The van der Waals surface area contributed by atoms with Crippen LogP contribution in [0.25, 0.3) is 11.1 Å². The molecule has 0 amide bonds. The van der Waals surface area contributed by atoms with E-state index in [0.717, 1.165) is 22.4 Å². The van der Waals surface area contributed by atoms with Crippen molar-refractivity contribution in [3.63, 3.8) is 0 Å². The summed E-state index contributed by atoms with van der Waals surface area (Å²) in [5.41, 5.74) is 3.51. The molecule has 0 spiro atoms. The van der Waals surface area contributed by atoms with Crippen LogP contribution in [0.5, 0.6) is 5.75 Å². The molecule has 0 atom stereocenters. The second-order valence-corrected chi connectivity index (χ2v) is 6.34. The third-order valence-electron chi connectivity index (χ3n) is 3.79. The van der Waals surface area contributed by atoms with Crippen LogP contribution < -0.4 is 4.74 Å². The summed E-state index contributed by atoms with van der Waals surface area (Å²) in [6, 6.07) is 23.4. The van der Waals surface area contributed by atoms with Gasteiger partial charge in [-0.3, -0.25) is 0 Å². The summed E-state index contributed by atoms with van der Waals surface area (Å²) in [6.07, 6.45) is 0. The van der Waals surface area contributed by atoms with E-state index in [0.29, 0.717) is 16.6 Å². The van der Waals surface area contributed by atoms with Crippen LogP contribution in [0, 0.1) is 0 Å². The Morgan fingerprint density at radius 2 is 1.68 bits per heavy atom. The van der Waals surface area contributed by atoms with Gasteiger partial charge in [-0.1, -0.05) is 48.5 Å². The van der Waals surface area contributed by atoms with Crippen molar-refractivity contribution in [3.8, 4) is 16.9 Å². The Bertz CT molecular complexity index is 875. The smallest absolute Gasteiger partial charge is 0.339 e. The normalized spacial score (nSPS) is 10.3. The van der Waals surface area contributed by atoms with E-state index in [1.54, 1.807) is 0 Å². The van der Waals surface area contributed by atoms with E-state index >= 15 is 0 Å². The van der Waals surface area contributed by atoms with Gasteiger partial charge < -0.3 is 9.47 Å². The molecule has 25 heavy (non-hydrogen) atoms. The Balaban J connectivity index is 1.83. The van der Waals surface area contributed by atoms with Crippen molar-refractivity contribution in [2.45, 2.75) is 6.61 Å². The van der Waals surface area contributed by atoms with E-state index in [9.17, 15) is 4.79 Å². The average Bonchev–Trinajstić information content (AvgIpc) is 2.67. The van der Waals surface area contributed by atoms with Crippen molar-refractivity contribution in [2.75, 3.05) is 7.11 Å². The van der Waals surface area contributed by atoms with Crippen molar-refractivity contribution in [3.05, 3.63) is 88.4 Å². The van der Waals surface area contributed by atoms with E-state index in [4.69, 9.17) is 9.47 Å². The fraction of sp³-hybridized carbons (Fsp3) is 0.0952. The van der Waals surface area contributed by atoms with Crippen LogP contribution in [0.1, 0.15) is 15.9 Å². The number of carbonyl (C=O) groups is 1. The first kappa shape index (κ1) is 17.2. The molecule has 3 rings (SSSR count). The lowest BCUT2D eigenvalue weighted by Gasteiger charge is -2.10. The van der Waals surface area contributed by atoms with Crippen molar-refractivity contribution < 1.29 is 14.3 Å². The molecule has 3 aromatic carbocycles. The first-order chi connectivity index (χ1) is 12.2. The number of rotatable bonds is 5. The fourth-order valence-electron chi connectivity index (χ4n) is 2.48. The molecular weight excluding hydrogens is 380 g/mol. The number of halogens is 1. The van der Waals surface area contributed by atoms with Crippen molar-refractivity contribution >= 4 is 21.9 Å². The lowest BCUT2D eigenvalue weighted by atomic mass is 10.0. The van der Waals surface area contributed by atoms with Crippen molar-refractivity contribution in [1.82, 2.24) is 0 Å². The number of hydrogen-bond acceptors (Lipinski definition) is 3. The van der Waals surface area contributed by atoms with Crippen molar-refractivity contribution in [2.24, 2.45) is 0 Å². The largest absolute Gasteiger partial charge is 0.489 e. The van der Waals surface area contributed by atoms with E-state index in [1.165, 1.54) is 7.11 Å². The molecule has 0 aliphatic carbocycles. The van der Waals surface area contributed by atoms with Gasteiger partial charge in [-0.25, -0.2) is 4.79 Å². The summed E-state index contributed by atoms with van der Waals surface area (Å²) in [7, 11) is 1.37. The Morgan fingerprint density at radius 3 is 2.44 bits per heavy atom. The lowest BCUT2D eigenvalue weighted by Crippen LogP contribution is -2.02. The van der Waals surface area contributed by atoms with Crippen LogP contribution in [0.4, 0.5) is 0 Å². The molecule has 0 aromatic heterocycles. The van der Waals surface area contributed by atoms with Gasteiger partial charge in [-0.15, -0.1) is 0 Å². The zero-order valence-corrected chi connectivity index (χ0v) is 15.3. The molecule has 0 bridgehead atoms. The summed E-state index contributed by atoms with van der Waals surface area (Å²) >= 11 is 3.38. The molecule has 0 radical (unpaired) electrons. The third kappa shape index (κ3) is 4.28. The summed E-state index contributed by atoms with van der Waals surface area (Å²) < 4.78 is 11.4. The molecule has 0 fully saturated rings. The van der Waals surface area contributed by atoms with Crippen LogP contribution in [-0.2, 0) is 11.3 Å². The molecule has 0 aliphatic heterocycles. The minimum Gasteiger partial charge on any atom is -0.489 e. The third-order valence-corrected chi connectivity index (χ3v) is 4.48. The molecule has 126 valence electrons. The van der Waals surface area contributed by atoms with E-state index in [-0.39, 0.29) is 5.97 Å². The van der Waals surface area contributed by atoms with Crippen molar-refractivity contribution in [1.29, 1.82) is 0 Å². The quantitative estimate of drug-likeness (QED) is 0.535. The molecule has 0 saturated heterocycles. The van der Waals surface area contributed by atoms with Gasteiger partial charge in [0.25, 0.3) is 0 Å². The van der Waals surface area contributed by atoms with E-state index < -0.39 is 0 Å². The molecule has 4 heteroatoms. The molecule has 0 heterocycles. The Morgan fingerprint density at radius 1 is 0.920 bits per heavy atom. The highest BCUT2D eigenvalue weighted by Gasteiger charge is 2.12. The van der Waals surface area contributed by atoms with Gasteiger partial charge in [0.1, 0.15) is 12.4 Å². The minimum atomic E-state index is -0.370. The number of methoxy groups -OCH3 is 1. The summed E-state index contributed by atoms with van der Waals surface area (Å²) in [4.78, 5) is 11.9. The standard InChI is InChI=1S/C21H17BrO3/c1-24-21(23)19-13-17(10-11-20(19)22)16-8-5-9-18(12-16)25-14-15-6-3-2-4-7-15/h2-13H,14H2,1H3. The highest BCUT2D eigenvalue weighted by Crippen LogP contribution is 2.28. The van der Waals surface area contributed by atoms with Crippen LogP contribution >= 0.6 is 15.9 Å². The van der Waals surface area contributed by atoms with Gasteiger partial charge in [-0.05, 0) is 56.9 Å². The Labute approximate surface area is 155 Å². The van der Waals surface area contributed by atoms with Crippen LogP contribution in [0.2, 0.25) is 0 Å². The molecule has 3 nitrogen and oxygen atoms in total. The van der Waals surface area contributed by atoms with Gasteiger partial charge in [0.05, 0.1) is 12.7 Å². The highest BCUT2D eigenvalue weighted by atomic mass is 79.9. The number of benzene rings is 3. The number of hydrogen-bond donors (Lipinski definition) is 0. The SMILES string of the molecule is COC(=O)c1cc(-c2cccc(OCc3ccccc3)c2)ccc1Br. The van der Waals surface area contributed by atoms with E-state index in [1.807, 2.05) is 72.8 Å². The highest BCUT2D eigenvalue weighted by molar-refractivity contribution is 9.10. The maximum absolute atomic E-state index is 11.9. The minimum absolute atomic E-state index is 0.370. The van der Waals surface area contributed by atoms with Gasteiger partial charge in [0, 0.05) is 4.47 Å². The molecule has 0 N–H and O–H groups in total. The maximum Gasteiger partial charge on any atom is 0.339 e. The monoisotopic (exact) mass is 396 g/mol. The number of carbonyl (C=O) groups excluding carboxylic acids is 1. The predicted molar refractivity (Wildman–Crippen MR) is 102 cm³/mol. The van der Waals surface area contributed by atoms with Crippen LogP contribution in [0.15, 0.2) is 77.3 Å². The predicted octanol–water partition coefficient (Wildman–Crippen LogP) is 5.48. The maximum atomic E-state index is 11.9. The topological polar surface area (TPSA) is 35.5 Å². The molecule has 0 aliphatic rings. The summed E-state index contributed by atoms with van der Waals surface area (Å²) in [6.45, 7) is 0.512. The Kier molecular flexibility index (Phi) is 5.51. The first-order valence-electron chi connectivity index (χ1n) is 7.82. The second kappa shape index (κ2) is 7.99. The van der Waals surface area contributed by atoms with Gasteiger partial charge >= 0.3 is 5.97 Å². The number of ether oxygens (including phenoxy) is 2.